The highest BCUT2D eigenvalue weighted by atomic mass is 35.5. The summed E-state index contributed by atoms with van der Waals surface area (Å²) in [6, 6.07) is 6.51. The van der Waals surface area contributed by atoms with Gasteiger partial charge in [-0.15, -0.1) is 11.6 Å². The Balaban J connectivity index is 2.71. The van der Waals surface area contributed by atoms with Gasteiger partial charge >= 0.3 is 0 Å². The van der Waals surface area contributed by atoms with Crippen LogP contribution in [0.2, 0.25) is 0 Å². The van der Waals surface area contributed by atoms with Gasteiger partial charge in [-0.25, -0.2) is 4.21 Å². The lowest BCUT2D eigenvalue weighted by Gasteiger charge is -2.06. The zero-order valence-corrected chi connectivity index (χ0v) is 7.60. The molecule has 5 heteroatoms. The molecule has 0 saturated heterocycles. The number of hydrogen-bond acceptors (Lipinski definition) is 3. The number of halogens is 1. The topological polar surface area (TPSA) is 49.4 Å². The first-order valence-corrected chi connectivity index (χ1v) is 4.68. The molecule has 1 atom stereocenters. The minimum Gasteiger partial charge on any atom is -0.740 e. The van der Waals surface area contributed by atoms with E-state index in [4.69, 9.17) is 11.6 Å². The molecule has 66 valence electrons. The summed E-state index contributed by atoms with van der Waals surface area (Å²) >= 11 is 3.01. The smallest absolute Gasteiger partial charge is 0.139 e. The third-order valence-electron chi connectivity index (χ3n) is 1.24. The van der Waals surface area contributed by atoms with Gasteiger partial charge in [0.1, 0.15) is 17.1 Å². The summed E-state index contributed by atoms with van der Waals surface area (Å²) in [5.41, 5.74) is 0.917. The molecule has 12 heavy (non-hydrogen) atoms. The van der Waals surface area contributed by atoms with Crippen molar-refractivity contribution in [3.8, 4) is 5.75 Å². The molecule has 0 fully saturated rings. The molecule has 0 aliphatic carbocycles. The van der Waals surface area contributed by atoms with Crippen molar-refractivity contribution in [2.24, 2.45) is 0 Å². The summed E-state index contributed by atoms with van der Waals surface area (Å²) in [5, 5.41) is 0. The fourth-order valence-electron chi connectivity index (χ4n) is 0.713. The minimum atomic E-state index is -2.51. The van der Waals surface area contributed by atoms with Gasteiger partial charge in [-0.3, -0.25) is 0 Å². The van der Waals surface area contributed by atoms with E-state index in [1.807, 2.05) is 0 Å². The van der Waals surface area contributed by atoms with Crippen LogP contribution >= 0.6 is 11.6 Å². The maximum absolute atomic E-state index is 10.1. The summed E-state index contributed by atoms with van der Waals surface area (Å²) in [7, 11) is 0. The molecule has 0 saturated carbocycles. The number of benzene rings is 1. The van der Waals surface area contributed by atoms with Crippen LogP contribution in [-0.2, 0) is 17.2 Å². The first-order valence-electron chi connectivity index (χ1n) is 3.15. The Bertz CT molecular complexity index is 272. The first-order chi connectivity index (χ1) is 5.72. The van der Waals surface area contributed by atoms with Gasteiger partial charge in [0.25, 0.3) is 0 Å². The number of hydrogen-bond donors (Lipinski definition) is 0. The Morgan fingerprint density at radius 2 is 2.00 bits per heavy atom. The zero-order valence-electron chi connectivity index (χ0n) is 6.03. The molecule has 1 aromatic carbocycles. The fraction of sp³-hybridized carbons (Fsp3) is 0.143. The Kier molecular flexibility index (Phi) is 3.52. The maximum atomic E-state index is 10.1. The third kappa shape index (κ3) is 2.81. The van der Waals surface area contributed by atoms with Gasteiger partial charge in [-0.05, 0) is 17.7 Å². The summed E-state index contributed by atoms with van der Waals surface area (Å²) < 4.78 is 24.5. The molecule has 0 spiro atoms. The van der Waals surface area contributed by atoms with E-state index >= 15 is 0 Å². The molecule has 1 aromatic rings. The Labute approximate surface area is 77.8 Å². The molecule has 0 N–H and O–H groups in total. The Morgan fingerprint density at radius 1 is 1.42 bits per heavy atom. The van der Waals surface area contributed by atoms with Gasteiger partial charge in [0.05, 0.1) is 0 Å². The predicted molar refractivity (Wildman–Crippen MR) is 45.5 cm³/mol. The van der Waals surface area contributed by atoms with Crippen LogP contribution < -0.4 is 4.18 Å². The summed E-state index contributed by atoms with van der Waals surface area (Å²) in [6.07, 6.45) is 0. The quantitative estimate of drug-likeness (QED) is 0.556. The molecule has 0 amide bonds. The van der Waals surface area contributed by atoms with Crippen molar-refractivity contribution in [2.45, 2.75) is 5.88 Å². The van der Waals surface area contributed by atoms with Crippen LogP contribution in [0.15, 0.2) is 24.3 Å². The summed E-state index contributed by atoms with van der Waals surface area (Å²) in [5.74, 6) is 0.693. The van der Waals surface area contributed by atoms with Gasteiger partial charge in [0, 0.05) is 5.88 Å². The highest BCUT2D eigenvalue weighted by Crippen LogP contribution is 2.13. The van der Waals surface area contributed by atoms with Crippen LogP contribution in [-0.4, -0.2) is 8.76 Å². The molecular weight excluding hydrogens is 200 g/mol. The van der Waals surface area contributed by atoms with E-state index in [-0.39, 0.29) is 5.75 Å². The summed E-state index contributed by atoms with van der Waals surface area (Å²) in [6.45, 7) is 0. The van der Waals surface area contributed by atoms with E-state index in [1.54, 1.807) is 24.3 Å². The lowest BCUT2D eigenvalue weighted by molar-refractivity contribution is 0.440. The number of rotatable bonds is 3. The van der Waals surface area contributed by atoms with Crippen LogP contribution in [0.4, 0.5) is 0 Å². The SMILES string of the molecule is O=S([O-])Oc1ccc(CCl)cc1. The van der Waals surface area contributed by atoms with E-state index in [9.17, 15) is 8.76 Å². The van der Waals surface area contributed by atoms with Gasteiger partial charge < -0.3 is 8.74 Å². The maximum Gasteiger partial charge on any atom is 0.139 e. The molecular formula is C7H6ClO3S-. The van der Waals surface area contributed by atoms with Crippen LogP contribution in [0.3, 0.4) is 0 Å². The van der Waals surface area contributed by atoms with Crippen molar-refractivity contribution in [1.29, 1.82) is 0 Å². The molecule has 3 nitrogen and oxygen atoms in total. The largest absolute Gasteiger partial charge is 0.740 e. The van der Waals surface area contributed by atoms with Crippen molar-refractivity contribution in [3.63, 3.8) is 0 Å². The van der Waals surface area contributed by atoms with Crippen molar-refractivity contribution >= 4 is 23.0 Å². The van der Waals surface area contributed by atoms with Crippen LogP contribution in [0.25, 0.3) is 0 Å². The fourth-order valence-corrected chi connectivity index (χ4v) is 1.16. The molecule has 0 radical (unpaired) electrons. The van der Waals surface area contributed by atoms with E-state index in [0.717, 1.165) is 5.56 Å². The first kappa shape index (κ1) is 9.51. The molecule has 0 aliphatic heterocycles. The third-order valence-corrected chi connectivity index (χ3v) is 1.88. The van der Waals surface area contributed by atoms with Gasteiger partial charge in [0.15, 0.2) is 0 Å². The normalized spacial score (nSPS) is 12.5. The second-order valence-electron chi connectivity index (χ2n) is 2.07. The van der Waals surface area contributed by atoms with Crippen molar-refractivity contribution < 1.29 is 12.9 Å². The predicted octanol–water partition coefficient (Wildman–Crippen LogP) is 1.60. The van der Waals surface area contributed by atoms with Gasteiger partial charge in [-0.2, -0.15) is 0 Å². The van der Waals surface area contributed by atoms with Crippen molar-refractivity contribution in [2.75, 3.05) is 0 Å². The average molecular weight is 206 g/mol. The monoisotopic (exact) mass is 205 g/mol. The minimum absolute atomic E-state index is 0.289. The van der Waals surface area contributed by atoms with Crippen LogP contribution in [0.1, 0.15) is 5.56 Å². The Morgan fingerprint density at radius 3 is 2.42 bits per heavy atom. The Hall–Kier alpha value is -0.580. The zero-order chi connectivity index (χ0) is 8.97. The van der Waals surface area contributed by atoms with E-state index in [1.165, 1.54) is 0 Å². The summed E-state index contributed by atoms with van der Waals surface area (Å²) in [4.78, 5) is 0. The second kappa shape index (κ2) is 4.45. The van der Waals surface area contributed by atoms with Crippen molar-refractivity contribution in [3.05, 3.63) is 29.8 Å². The van der Waals surface area contributed by atoms with Crippen LogP contribution in [0, 0.1) is 0 Å². The highest BCUT2D eigenvalue weighted by molar-refractivity contribution is 7.74. The highest BCUT2D eigenvalue weighted by Gasteiger charge is 1.93. The lowest BCUT2D eigenvalue weighted by Crippen LogP contribution is -1.97. The molecule has 0 bridgehead atoms. The standard InChI is InChI=1S/C7H7ClO3S/c8-5-6-1-3-7(4-2-6)11-12(9)10/h1-4H,5H2,(H,9,10)/p-1. The van der Waals surface area contributed by atoms with Gasteiger partial charge in [-0.1, -0.05) is 12.1 Å². The van der Waals surface area contributed by atoms with Gasteiger partial charge in [0.2, 0.25) is 0 Å². The van der Waals surface area contributed by atoms with Crippen molar-refractivity contribution in [1.82, 2.24) is 0 Å². The van der Waals surface area contributed by atoms with E-state index in [0.29, 0.717) is 5.88 Å². The lowest BCUT2D eigenvalue weighted by atomic mass is 10.2. The molecule has 0 heterocycles. The van der Waals surface area contributed by atoms with Crippen LogP contribution in [0.5, 0.6) is 5.75 Å². The molecule has 0 aromatic heterocycles. The molecule has 1 unspecified atom stereocenters. The second-order valence-corrected chi connectivity index (χ2v) is 2.91. The molecule has 0 aliphatic rings. The molecule has 1 rings (SSSR count). The van der Waals surface area contributed by atoms with E-state index < -0.39 is 11.4 Å². The average Bonchev–Trinajstić information content (AvgIpc) is 2.05. The van der Waals surface area contributed by atoms with E-state index in [2.05, 4.69) is 4.18 Å². The number of alkyl halides is 1.